The van der Waals surface area contributed by atoms with Crippen LogP contribution in [0.1, 0.15) is 13.3 Å². The number of benzene rings is 1. The first kappa shape index (κ1) is 10.2. The molecule has 0 fully saturated rings. The van der Waals surface area contributed by atoms with E-state index in [4.69, 9.17) is 4.74 Å². The molecule has 0 spiro atoms. The minimum atomic E-state index is 0.702. The fraction of sp³-hybridized carbons (Fsp3) is 0.250. The lowest BCUT2D eigenvalue weighted by molar-refractivity contribution is 0.308. The smallest absolute Gasteiger partial charge is 0.233 e. The summed E-state index contributed by atoms with van der Waals surface area (Å²) in [4.78, 5) is 5.16. The topological polar surface area (TPSA) is 22.1 Å². The lowest BCUT2D eigenvalue weighted by Gasteiger charge is -2.03. The van der Waals surface area contributed by atoms with Crippen LogP contribution in [-0.4, -0.2) is 11.6 Å². The maximum Gasteiger partial charge on any atom is 0.233 e. The Bertz CT molecular complexity index is 411. The Hall–Kier alpha value is -1.35. The Morgan fingerprint density at radius 2 is 2.13 bits per heavy atom. The summed E-state index contributed by atoms with van der Waals surface area (Å²) in [6.45, 7) is 2.79. The molecule has 0 atom stereocenters. The van der Waals surface area contributed by atoms with Gasteiger partial charge in [0.25, 0.3) is 0 Å². The van der Waals surface area contributed by atoms with E-state index in [2.05, 4.69) is 29.6 Å². The van der Waals surface area contributed by atoms with Gasteiger partial charge < -0.3 is 4.74 Å². The van der Waals surface area contributed by atoms with Gasteiger partial charge in [0.2, 0.25) is 5.88 Å². The standard InChI is InChI=1S/C12H12NOS/c1-2-8-14-12-11(15-9-13-12)10-6-4-3-5-7-10/h3-7H,2,8H2,1H3. The van der Waals surface area contributed by atoms with E-state index in [-0.39, 0.29) is 0 Å². The van der Waals surface area contributed by atoms with Gasteiger partial charge in [0, 0.05) is 0 Å². The molecule has 0 amide bonds. The number of thiazole rings is 1. The highest BCUT2D eigenvalue weighted by atomic mass is 32.1. The summed E-state index contributed by atoms with van der Waals surface area (Å²) in [5.74, 6) is 0.702. The predicted octanol–water partition coefficient (Wildman–Crippen LogP) is 3.40. The summed E-state index contributed by atoms with van der Waals surface area (Å²) in [6.07, 6.45) is 0.992. The first-order valence-corrected chi connectivity index (χ1v) is 5.78. The minimum Gasteiger partial charge on any atom is -0.477 e. The third-order valence-electron chi connectivity index (χ3n) is 1.97. The molecule has 2 aromatic rings. The Balaban J connectivity index is 2.25. The van der Waals surface area contributed by atoms with Crippen molar-refractivity contribution < 1.29 is 4.74 Å². The second-order valence-electron chi connectivity index (χ2n) is 3.15. The third-order valence-corrected chi connectivity index (χ3v) is 2.77. The molecule has 0 aliphatic carbocycles. The Kier molecular flexibility index (Phi) is 3.35. The predicted molar refractivity (Wildman–Crippen MR) is 62.2 cm³/mol. The molecular formula is C12H12NOS. The van der Waals surface area contributed by atoms with Crippen molar-refractivity contribution in [2.24, 2.45) is 0 Å². The highest BCUT2D eigenvalue weighted by Crippen LogP contribution is 2.32. The van der Waals surface area contributed by atoms with Crippen LogP contribution in [0.2, 0.25) is 0 Å². The molecule has 77 valence electrons. The molecule has 0 bridgehead atoms. The molecule has 15 heavy (non-hydrogen) atoms. The monoisotopic (exact) mass is 218 g/mol. The fourth-order valence-electron chi connectivity index (χ4n) is 1.27. The van der Waals surface area contributed by atoms with Gasteiger partial charge in [-0.1, -0.05) is 37.3 Å². The molecule has 0 aliphatic heterocycles. The van der Waals surface area contributed by atoms with Crippen molar-refractivity contribution >= 4 is 11.3 Å². The second-order valence-corrected chi connectivity index (χ2v) is 3.95. The molecule has 0 saturated heterocycles. The molecule has 2 rings (SSSR count). The van der Waals surface area contributed by atoms with Gasteiger partial charge >= 0.3 is 0 Å². The van der Waals surface area contributed by atoms with E-state index in [1.807, 2.05) is 18.2 Å². The van der Waals surface area contributed by atoms with Gasteiger partial charge in [-0.15, -0.1) is 11.3 Å². The van der Waals surface area contributed by atoms with Crippen LogP contribution >= 0.6 is 11.3 Å². The van der Waals surface area contributed by atoms with Crippen LogP contribution in [0.15, 0.2) is 30.3 Å². The molecule has 3 heteroatoms. The highest BCUT2D eigenvalue weighted by Gasteiger charge is 2.09. The van der Waals surface area contributed by atoms with Gasteiger partial charge in [-0.2, -0.15) is 4.98 Å². The number of hydrogen-bond donors (Lipinski definition) is 0. The van der Waals surface area contributed by atoms with Crippen LogP contribution in [0, 0.1) is 5.51 Å². The van der Waals surface area contributed by atoms with E-state index in [1.165, 1.54) is 11.3 Å². The first-order chi connectivity index (χ1) is 7.42. The van der Waals surface area contributed by atoms with E-state index in [1.54, 1.807) is 0 Å². The van der Waals surface area contributed by atoms with E-state index in [9.17, 15) is 0 Å². The van der Waals surface area contributed by atoms with Crippen molar-refractivity contribution in [3.8, 4) is 16.3 Å². The van der Waals surface area contributed by atoms with Crippen molar-refractivity contribution in [1.82, 2.24) is 4.98 Å². The summed E-state index contributed by atoms with van der Waals surface area (Å²) < 4.78 is 5.55. The molecule has 0 aliphatic rings. The molecule has 0 N–H and O–H groups in total. The second kappa shape index (κ2) is 4.94. The van der Waals surface area contributed by atoms with Crippen molar-refractivity contribution in [2.75, 3.05) is 6.61 Å². The van der Waals surface area contributed by atoms with Gasteiger partial charge in [0.15, 0.2) is 5.51 Å². The van der Waals surface area contributed by atoms with Crippen LogP contribution in [-0.2, 0) is 0 Å². The summed E-state index contributed by atoms with van der Waals surface area (Å²) in [5.41, 5.74) is 4.01. The van der Waals surface area contributed by atoms with Gasteiger partial charge in [0.05, 0.1) is 11.5 Å². The summed E-state index contributed by atoms with van der Waals surface area (Å²) in [6, 6.07) is 10.1. The largest absolute Gasteiger partial charge is 0.477 e. The van der Waals surface area contributed by atoms with E-state index in [0.29, 0.717) is 12.5 Å². The molecule has 1 heterocycles. The minimum absolute atomic E-state index is 0.702. The summed E-state index contributed by atoms with van der Waals surface area (Å²) in [5, 5.41) is 0. The van der Waals surface area contributed by atoms with Gasteiger partial charge in [-0.25, -0.2) is 0 Å². The van der Waals surface area contributed by atoms with Crippen molar-refractivity contribution in [3.63, 3.8) is 0 Å². The average molecular weight is 218 g/mol. The lowest BCUT2D eigenvalue weighted by atomic mass is 10.2. The maximum atomic E-state index is 5.55. The fourth-order valence-corrected chi connectivity index (χ4v) is 1.94. The Morgan fingerprint density at radius 3 is 2.87 bits per heavy atom. The van der Waals surface area contributed by atoms with E-state index in [0.717, 1.165) is 16.9 Å². The molecular weight excluding hydrogens is 206 g/mol. The van der Waals surface area contributed by atoms with E-state index >= 15 is 0 Å². The molecule has 0 saturated carbocycles. The zero-order chi connectivity index (χ0) is 10.5. The van der Waals surface area contributed by atoms with Crippen LogP contribution in [0.3, 0.4) is 0 Å². The van der Waals surface area contributed by atoms with Crippen molar-refractivity contribution in [2.45, 2.75) is 13.3 Å². The van der Waals surface area contributed by atoms with Crippen LogP contribution in [0.4, 0.5) is 0 Å². The summed E-state index contributed by atoms with van der Waals surface area (Å²) >= 11 is 1.49. The Morgan fingerprint density at radius 1 is 1.33 bits per heavy atom. The molecule has 1 aromatic heterocycles. The number of rotatable bonds is 4. The zero-order valence-corrected chi connectivity index (χ0v) is 9.38. The SMILES string of the molecule is CCCOc1n[c]sc1-c1ccccc1. The van der Waals surface area contributed by atoms with Gasteiger partial charge in [0.1, 0.15) is 0 Å². The molecule has 1 radical (unpaired) electrons. The van der Waals surface area contributed by atoms with Gasteiger partial charge in [-0.05, 0) is 12.0 Å². The number of hydrogen-bond acceptors (Lipinski definition) is 3. The number of ether oxygens (including phenoxy) is 1. The van der Waals surface area contributed by atoms with Crippen LogP contribution in [0.5, 0.6) is 5.88 Å². The average Bonchev–Trinajstić information content (AvgIpc) is 2.75. The summed E-state index contributed by atoms with van der Waals surface area (Å²) in [7, 11) is 0. The molecule has 0 unspecified atom stereocenters. The maximum absolute atomic E-state index is 5.55. The van der Waals surface area contributed by atoms with Crippen molar-refractivity contribution in [1.29, 1.82) is 0 Å². The first-order valence-electron chi connectivity index (χ1n) is 4.97. The van der Waals surface area contributed by atoms with Crippen molar-refractivity contribution in [3.05, 3.63) is 35.8 Å². The third kappa shape index (κ3) is 2.36. The number of nitrogens with zero attached hydrogens (tertiary/aromatic N) is 1. The Labute approximate surface area is 93.6 Å². The zero-order valence-electron chi connectivity index (χ0n) is 8.56. The normalized spacial score (nSPS) is 10.2. The number of aromatic nitrogens is 1. The van der Waals surface area contributed by atoms with E-state index < -0.39 is 0 Å². The van der Waals surface area contributed by atoms with Crippen LogP contribution in [0.25, 0.3) is 10.4 Å². The van der Waals surface area contributed by atoms with Crippen LogP contribution < -0.4 is 4.74 Å². The molecule has 1 aromatic carbocycles. The molecule has 2 nitrogen and oxygen atoms in total. The lowest BCUT2D eigenvalue weighted by Crippen LogP contribution is -1.96. The highest BCUT2D eigenvalue weighted by molar-refractivity contribution is 7.13. The van der Waals surface area contributed by atoms with Gasteiger partial charge in [-0.3, -0.25) is 0 Å². The quantitative estimate of drug-likeness (QED) is 0.784.